The Labute approximate surface area is 114 Å². The van der Waals surface area contributed by atoms with Crippen molar-refractivity contribution in [2.45, 2.75) is 39.3 Å². The Kier molecular flexibility index (Phi) is 4.82. The Morgan fingerprint density at radius 1 is 1.44 bits per heavy atom. The zero-order chi connectivity index (χ0) is 13.0. The second kappa shape index (κ2) is 6.38. The van der Waals surface area contributed by atoms with Gasteiger partial charge in [0.15, 0.2) is 0 Å². The highest BCUT2D eigenvalue weighted by atomic mass is 32.1. The molecule has 1 aliphatic rings. The summed E-state index contributed by atoms with van der Waals surface area (Å²) in [6.45, 7) is 7.38. The molecule has 2 heterocycles. The van der Waals surface area contributed by atoms with Crippen LogP contribution < -0.4 is 5.73 Å². The van der Waals surface area contributed by atoms with Crippen LogP contribution in [0.2, 0.25) is 0 Å². The zero-order valence-corrected chi connectivity index (χ0v) is 12.1. The summed E-state index contributed by atoms with van der Waals surface area (Å²) < 4.78 is 0. The number of thiophene rings is 1. The lowest BCUT2D eigenvalue weighted by Crippen LogP contribution is -2.40. The van der Waals surface area contributed by atoms with Crippen LogP contribution in [-0.4, -0.2) is 24.0 Å². The van der Waals surface area contributed by atoms with E-state index in [1.165, 1.54) is 24.3 Å². The van der Waals surface area contributed by atoms with E-state index in [1.54, 1.807) is 0 Å². The zero-order valence-electron chi connectivity index (χ0n) is 11.3. The molecule has 0 aliphatic carbocycles. The maximum absolute atomic E-state index is 5.44. The molecule has 2 N–H and O–H groups in total. The van der Waals surface area contributed by atoms with Gasteiger partial charge in [-0.25, -0.2) is 0 Å². The Morgan fingerprint density at radius 3 is 3.06 bits per heavy atom. The fourth-order valence-corrected chi connectivity index (χ4v) is 3.36. The minimum absolute atomic E-state index is 0.437. The number of nitrogens with two attached hydrogens (primary N) is 1. The number of nitrogens with zero attached hydrogens (tertiary/aromatic N) is 1. The second-order valence-electron chi connectivity index (χ2n) is 5.22. The van der Waals surface area contributed by atoms with Gasteiger partial charge in [0.1, 0.15) is 0 Å². The predicted molar refractivity (Wildman–Crippen MR) is 78.5 cm³/mol. The Balaban J connectivity index is 2.06. The molecular formula is C15H22N2S. The van der Waals surface area contributed by atoms with Gasteiger partial charge in [-0.1, -0.05) is 18.8 Å². The minimum atomic E-state index is 0.437. The van der Waals surface area contributed by atoms with Crippen molar-refractivity contribution in [2.75, 3.05) is 13.1 Å². The molecule has 0 radical (unpaired) electrons. The van der Waals surface area contributed by atoms with E-state index < -0.39 is 0 Å². The van der Waals surface area contributed by atoms with Crippen LogP contribution in [0.25, 0.3) is 0 Å². The minimum Gasteiger partial charge on any atom is -0.320 e. The SMILES string of the molecule is CC1CCC(C)N(Cc2sccc2C#CCN)C1. The van der Waals surface area contributed by atoms with Crippen LogP contribution in [0.4, 0.5) is 0 Å². The molecule has 0 saturated carbocycles. The van der Waals surface area contributed by atoms with E-state index in [2.05, 4.69) is 42.0 Å². The average molecular weight is 262 g/mol. The Morgan fingerprint density at radius 2 is 2.28 bits per heavy atom. The number of piperidine rings is 1. The summed E-state index contributed by atoms with van der Waals surface area (Å²) in [5, 5.41) is 2.13. The van der Waals surface area contributed by atoms with E-state index in [4.69, 9.17) is 5.73 Å². The molecule has 0 spiro atoms. The van der Waals surface area contributed by atoms with E-state index in [9.17, 15) is 0 Å². The lowest BCUT2D eigenvalue weighted by Gasteiger charge is -2.36. The van der Waals surface area contributed by atoms with Crippen LogP contribution in [0.1, 0.15) is 37.1 Å². The van der Waals surface area contributed by atoms with Crippen molar-refractivity contribution < 1.29 is 0 Å². The van der Waals surface area contributed by atoms with Crippen molar-refractivity contribution in [1.82, 2.24) is 4.90 Å². The van der Waals surface area contributed by atoms with E-state index >= 15 is 0 Å². The molecule has 1 fully saturated rings. The fourth-order valence-electron chi connectivity index (χ4n) is 2.51. The quantitative estimate of drug-likeness (QED) is 0.830. The summed E-state index contributed by atoms with van der Waals surface area (Å²) in [6.07, 6.45) is 2.68. The van der Waals surface area contributed by atoms with Gasteiger partial charge in [0.05, 0.1) is 6.54 Å². The molecule has 2 unspecified atom stereocenters. The number of rotatable bonds is 2. The molecule has 2 rings (SSSR count). The van der Waals surface area contributed by atoms with E-state index in [-0.39, 0.29) is 0 Å². The van der Waals surface area contributed by atoms with Gasteiger partial charge in [-0.3, -0.25) is 4.90 Å². The first kappa shape index (κ1) is 13.6. The highest BCUT2D eigenvalue weighted by Gasteiger charge is 2.23. The monoisotopic (exact) mass is 262 g/mol. The summed E-state index contributed by atoms with van der Waals surface area (Å²) in [7, 11) is 0. The van der Waals surface area contributed by atoms with Gasteiger partial charge >= 0.3 is 0 Å². The van der Waals surface area contributed by atoms with Crippen LogP contribution in [-0.2, 0) is 6.54 Å². The molecule has 98 valence electrons. The summed E-state index contributed by atoms with van der Waals surface area (Å²) in [5.41, 5.74) is 6.60. The van der Waals surface area contributed by atoms with E-state index in [0.717, 1.165) is 18.0 Å². The van der Waals surface area contributed by atoms with Gasteiger partial charge in [0.25, 0.3) is 0 Å². The second-order valence-corrected chi connectivity index (χ2v) is 6.23. The molecule has 1 aromatic heterocycles. The highest BCUT2D eigenvalue weighted by molar-refractivity contribution is 7.10. The van der Waals surface area contributed by atoms with Crippen LogP contribution in [0.3, 0.4) is 0 Å². The van der Waals surface area contributed by atoms with Crippen molar-refractivity contribution in [3.05, 3.63) is 21.9 Å². The van der Waals surface area contributed by atoms with Gasteiger partial charge in [-0.2, -0.15) is 0 Å². The molecule has 18 heavy (non-hydrogen) atoms. The van der Waals surface area contributed by atoms with Crippen molar-refractivity contribution in [1.29, 1.82) is 0 Å². The highest BCUT2D eigenvalue weighted by Crippen LogP contribution is 2.26. The van der Waals surface area contributed by atoms with Crippen LogP contribution in [0.15, 0.2) is 11.4 Å². The molecule has 0 bridgehead atoms. The van der Waals surface area contributed by atoms with Crippen molar-refractivity contribution in [2.24, 2.45) is 11.7 Å². The smallest absolute Gasteiger partial charge is 0.0555 e. The number of likely N-dealkylation sites (tertiary alicyclic amines) is 1. The van der Waals surface area contributed by atoms with Crippen molar-refractivity contribution in [3.63, 3.8) is 0 Å². The third-order valence-electron chi connectivity index (χ3n) is 3.66. The van der Waals surface area contributed by atoms with Crippen molar-refractivity contribution in [3.8, 4) is 11.8 Å². The summed E-state index contributed by atoms with van der Waals surface area (Å²) in [5.74, 6) is 6.95. The number of hydrogen-bond acceptors (Lipinski definition) is 3. The molecule has 1 saturated heterocycles. The molecule has 0 amide bonds. The Bertz CT molecular complexity index is 441. The topological polar surface area (TPSA) is 29.3 Å². The maximum atomic E-state index is 5.44. The summed E-state index contributed by atoms with van der Waals surface area (Å²) >= 11 is 1.81. The molecule has 3 heteroatoms. The first-order chi connectivity index (χ1) is 8.70. The third-order valence-corrected chi connectivity index (χ3v) is 4.57. The van der Waals surface area contributed by atoms with Gasteiger partial charge in [-0.05, 0) is 37.1 Å². The van der Waals surface area contributed by atoms with E-state index in [0.29, 0.717) is 12.6 Å². The lowest BCUT2D eigenvalue weighted by atomic mass is 9.95. The Hall–Kier alpha value is -0.820. The standard InChI is InChI=1S/C15H22N2S/c1-12-5-6-13(2)17(10-12)11-15-14(4-3-8-16)7-9-18-15/h7,9,12-13H,5-6,8,10-11,16H2,1-2H3. The fraction of sp³-hybridized carbons (Fsp3) is 0.600. The molecule has 2 atom stereocenters. The van der Waals surface area contributed by atoms with Gasteiger partial charge in [0, 0.05) is 29.6 Å². The third kappa shape index (κ3) is 3.35. The average Bonchev–Trinajstić information content (AvgIpc) is 2.79. The number of hydrogen-bond donors (Lipinski definition) is 1. The van der Waals surface area contributed by atoms with Crippen LogP contribution >= 0.6 is 11.3 Å². The largest absolute Gasteiger partial charge is 0.320 e. The molecule has 0 aromatic carbocycles. The van der Waals surface area contributed by atoms with Gasteiger partial charge in [-0.15, -0.1) is 11.3 Å². The molecule has 2 nitrogen and oxygen atoms in total. The van der Waals surface area contributed by atoms with E-state index in [1.807, 2.05) is 11.3 Å². The molecular weight excluding hydrogens is 240 g/mol. The van der Waals surface area contributed by atoms with Crippen LogP contribution in [0, 0.1) is 17.8 Å². The first-order valence-electron chi connectivity index (χ1n) is 6.70. The first-order valence-corrected chi connectivity index (χ1v) is 7.58. The normalized spacial score (nSPS) is 24.6. The molecule has 1 aliphatic heterocycles. The van der Waals surface area contributed by atoms with Gasteiger partial charge < -0.3 is 5.73 Å². The summed E-state index contributed by atoms with van der Waals surface area (Å²) in [4.78, 5) is 3.98. The maximum Gasteiger partial charge on any atom is 0.0555 e. The predicted octanol–water partition coefficient (Wildman–Crippen LogP) is 2.68. The lowest BCUT2D eigenvalue weighted by molar-refractivity contribution is 0.118. The molecule has 1 aromatic rings. The van der Waals surface area contributed by atoms with Gasteiger partial charge in [0.2, 0.25) is 0 Å². The van der Waals surface area contributed by atoms with Crippen molar-refractivity contribution >= 4 is 11.3 Å². The van der Waals surface area contributed by atoms with Crippen LogP contribution in [0.5, 0.6) is 0 Å². The summed E-state index contributed by atoms with van der Waals surface area (Å²) in [6, 6.07) is 2.80.